The minimum atomic E-state index is -0.943. The molecule has 5 nitrogen and oxygen atoms in total. The zero-order valence-electron chi connectivity index (χ0n) is 9.60. The van der Waals surface area contributed by atoms with E-state index in [0.717, 1.165) is 19.4 Å². The SMILES string of the molecule is CC(=N)N(C)CCCC[C@H](N)C(=O)O.Cl.Cl. The summed E-state index contributed by atoms with van der Waals surface area (Å²) in [6.45, 7) is 2.50. The smallest absolute Gasteiger partial charge is 0.320 e. The number of hydrogen-bond donors (Lipinski definition) is 3. The molecule has 0 spiro atoms. The van der Waals surface area contributed by atoms with Crippen LogP contribution in [0.15, 0.2) is 0 Å². The van der Waals surface area contributed by atoms with Gasteiger partial charge in [0.2, 0.25) is 0 Å². The van der Waals surface area contributed by atoms with Gasteiger partial charge in [0, 0.05) is 13.6 Å². The molecule has 4 N–H and O–H groups in total. The highest BCUT2D eigenvalue weighted by Crippen LogP contribution is 2.00. The number of carboxylic acids is 1. The Balaban J connectivity index is -0.000000845. The van der Waals surface area contributed by atoms with Crippen LogP contribution >= 0.6 is 24.8 Å². The molecule has 0 aromatic heterocycles. The van der Waals surface area contributed by atoms with Crippen LogP contribution in [0.4, 0.5) is 0 Å². The molecule has 0 saturated carbocycles. The monoisotopic (exact) mass is 273 g/mol. The number of amidine groups is 1. The first-order valence-corrected chi connectivity index (χ1v) is 4.70. The van der Waals surface area contributed by atoms with Gasteiger partial charge in [0.25, 0.3) is 0 Å². The lowest BCUT2D eigenvalue weighted by Crippen LogP contribution is -2.30. The zero-order chi connectivity index (χ0) is 11.1. The average Bonchev–Trinajstić information content (AvgIpc) is 2.11. The highest BCUT2D eigenvalue weighted by atomic mass is 35.5. The van der Waals surface area contributed by atoms with Crippen LogP contribution in [0.1, 0.15) is 26.2 Å². The van der Waals surface area contributed by atoms with Gasteiger partial charge in [0.1, 0.15) is 6.04 Å². The van der Waals surface area contributed by atoms with E-state index in [9.17, 15) is 4.79 Å². The fourth-order valence-electron chi connectivity index (χ4n) is 1.00. The van der Waals surface area contributed by atoms with Crippen LogP contribution in [0.2, 0.25) is 0 Å². The van der Waals surface area contributed by atoms with Gasteiger partial charge in [-0.05, 0) is 26.2 Å². The second kappa shape index (κ2) is 11.0. The number of hydrogen-bond acceptors (Lipinski definition) is 3. The Bertz CT molecular complexity index is 193. The van der Waals surface area contributed by atoms with Crippen molar-refractivity contribution in [2.24, 2.45) is 5.73 Å². The van der Waals surface area contributed by atoms with Gasteiger partial charge in [0.15, 0.2) is 0 Å². The molecule has 1 atom stereocenters. The van der Waals surface area contributed by atoms with Gasteiger partial charge in [0.05, 0.1) is 5.84 Å². The van der Waals surface area contributed by atoms with E-state index in [1.807, 2.05) is 11.9 Å². The van der Waals surface area contributed by atoms with E-state index in [4.69, 9.17) is 16.2 Å². The lowest BCUT2D eigenvalue weighted by Gasteiger charge is -2.16. The third kappa shape index (κ3) is 10.0. The van der Waals surface area contributed by atoms with E-state index in [1.165, 1.54) is 0 Å². The van der Waals surface area contributed by atoms with E-state index < -0.39 is 12.0 Å². The quantitative estimate of drug-likeness (QED) is 0.387. The third-order valence-electron chi connectivity index (χ3n) is 2.15. The summed E-state index contributed by atoms with van der Waals surface area (Å²) in [7, 11) is 1.85. The minimum Gasteiger partial charge on any atom is -0.480 e. The number of nitrogens with two attached hydrogens (primary N) is 1. The van der Waals surface area contributed by atoms with Gasteiger partial charge in [-0.1, -0.05) is 0 Å². The van der Waals surface area contributed by atoms with Crippen molar-refractivity contribution >= 4 is 36.6 Å². The zero-order valence-corrected chi connectivity index (χ0v) is 11.2. The van der Waals surface area contributed by atoms with Crippen LogP contribution in [0, 0.1) is 5.41 Å². The highest BCUT2D eigenvalue weighted by Gasteiger charge is 2.10. The van der Waals surface area contributed by atoms with E-state index >= 15 is 0 Å². The van der Waals surface area contributed by atoms with Crippen molar-refractivity contribution in [2.45, 2.75) is 32.2 Å². The lowest BCUT2D eigenvalue weighted by molar-refractivity contribution is -0.138. The molecule has 98 valence electrons. The topological polar surface area (TPSA) is 90.4 Å². The third-order valence-corrected chi connectivity index (χ3v) is 2.15. The molecule has 0 rings (SSSR count). The van der Waals surface area contributed by atoms with Crippen LogP contribution in [0.25, 0.3) is 0 Å². The molecule has 7 heteroatoms. The fraction of sp³-hybridized carbons (Fsp3) is 0.778. The van der Waals surface area contributed by atoms with Crippen LogP contribution in [0.3, 0.4) is 0 Å². The first kappa shape index (κ1) is 20.8. The summed E-state index contributed by atoms with van der Waals surface area (Å²) in [4.78, 5) is 12.2. The molecular weight excluding hydrogens is 253 g/mol. The van der Waals surface area contributed by atoms with Crippen LogP contribution < -0.4 is 5.73 Å². The van der Waals surface area contributed by atoms with Crippen molar-refractivity contribution in [3.63, 3.8) is 0 Å². The van der Waals surface area contributed by atoms with Crippen molar-refractivity contribution in [1.29, 1.82) is 5.41 Å². The molecule has 0 radical (unpaired) electrons. The number of nitrogens with one attached hydrogen (secondary N) is 1. The number of rotatable bonds is 6. The van der Waals surface area contributed by atoms with Gasteiger partial charge >= 0.3 is 5.97 Å². The van der Waals surface area contributed by atoms with Crippen molar-refractivity contribution < 1.29 is 9.90 Å². The van der Waals surface area contributed by atoms with Crippen LogP contribution in [-0.2, 0) is 4.79 Å². The maximum Gasteiger partial charge on any atom is 0.320 e. The molecule has 0 fully saturated rings. The average molecular weight is 274 g/mol. The normalized spacial score (nSPS) is 10.7. The predicted molar refractivity (Wildman–Crippen MR) is 70.0 cm³/mol. The second-order valence-corrected chi connectivity index (χ2v) is 3.45. The first-order valence-electron chi connectivity index (χ1n) is 4.70. The van der Waals surface area contributed by atoms with Gasteiger partial charge in [-0.3, -0.25) is 10.2 Å². The number of carboxylic acid groups (broad SMARTS) is 1. The summed E-state index contributed by atoms with van der Waals surface area (Å²) in [6.07, 6.45) is 2.15. The molecular formula is C9H21Cl2N3O2. The van der Waals surface area contributed by atoms with Crippen molar-refractivity contribution in [3.8, 4) is 0 Å². The van der Waals surface area contributed by atoms with Gasteiger partial charge < -0.3 is 15.7 Å². The van der Waals surface area contributed by atoms with Gasteiger partial charge in [-0.15, -0.1) is 24.8 Å². The van der Waals surface area contributed by atoms with Gasteiger partial charge in [-0.2, -0.15) is 0 Å². The summed E-state index contributed by atoms with van der Waals surface area (Å²) in [6, 6.07) is -0.749. The van der Waals surface area contributed by atoms with Crippen LogP contribution in [-0.4, -0.2) is 41.4 Å². The fourth-order valence-corrected chi connectivity index (χ4v) is 1.00. The Morgan fingerprint density at radius 1 is 1.44 bits per heavy atom. The summed E-state index contributed by atoms with van der Waals surface area (Å²) in [5.41, 5.74) is 5.34. The molecule has 0 aliphatic rings. The Hall–Kier alpha value is -0.520. The highest BCUT2D eigenvalue weighted by molar-refractivity contribution is 5.85. The molecule has 0 aliphatic heterocycles. The lowest BCUT2D eigenvalue weighted by atomic mass is 10.1. The Kier molecular flexibility index (Phi) is 14.3. The molecule has 0 bridgehead atoms. The Morgan fingerprint density at radius 3 is 2.31 bits per heavy atom. The second-order valence-electron chi connectivity index (χ2n) is 3.45. The minimum absolute atomic E-state index is 0. The summed E-state index contributed by atoms with van der Waals surface area (Å²) in [5.74, 6) is -0.422. The van der Waals surface area contributed by atoms with Crippen molar-refractivity contribution in [2.75, 3.05) is 13.6 Å². The van der Waals surface area contributed by atoms with E-state index in [1.54, 1.807) is 6.92 Å². The van der Waals surface area contributed by atoms with Crippen molar-refractivity contribution in [3.05, 3.63) is 0 Å². The number of aliphatic carboxylic acids is 1. The summed E-state index contributed by atoms with van der Waals surface area (Å²) < 4.78 is 0. The first-order chi connectivity index (χ1) is 6.45. The van der Waals surface area contributed by atoms with E-state index in [2.05, 4.69) is 0 Å². The molecule has 0 aromatic rings. The Labute approximate surface area is 109 Å². The maximum atomic E-state index is 10.4. The maximum absolute atomic E-state index is 10.4. The predicted octanol–water partition coefficient (Wildman–Crippen LogP) is 1.34. The summed E-state index contributed by atoms with van der Waals surface area (Å²) >= 11 is 0. The van der Waals surface area contributed by atoms with Gasteiger partial charge in [-0.25, -0.2) is 0 Å². The molecule has 0 unspecified atom stereocenters. The van der Waals surface area contributed by atoms with Crippen molar-refractivity contribution in [1.82, 2.24) is 4.90 Å². The molecule has 0 heterocycles. The standard InChI is InChI=1S/C9H19N3O2.2ClH/c1-7(10)12(2)6-4-3-5-8(11)9(13)14;;/h8,10H,3-6,11H2,1-2H3,(H,13,14);2*1H/t8-;;/m0../s1. The largest absolute Gasteiger partial charge is 0.480 e. The summed E-state index contributed by atoms with van der Waals surface area (Å²) in [5, 5.41) is 15.8. The van der Waals surface area contributed by atoms with E-state index in [-0.39, 0.29) is 24.8 Å². The number of unbranched alkanes of at least 4 members (excludes halogenated alkanes) is 1. The van der Waals surface area contributed by atoms with Crippen LogP contribution in [0.5, 0.6) is 0 Å². The molecule has 0 aromatic carbocycles. The number of nitrogens with zero attached hydrogens (tertiary/aromatic N) is 1. The van der Waals surface area contributed by atoms with E-state index in [0.29, 0.717) is 12.3 Å². The molecule has 0 amide bonds. The molecule has 0 aliphatic carbocycles. The Morgan fingerprint density at radius 2 is 1.94 bits per heavy atom. The molecule has 16 heavy (non-hydrogen) atoms. The number of carbonyl (C=O) groups is 1. The number of halogens is 2. The molecule has 0 saturated heterocycles.